The van der Waals surface area contributed by atoms with Crippen LogP contribution in [-0.4, -0.2) is 25.8 Å². The molecule has 0 spiro atoms. The van der Waals surface area contributed by atoms with Crippen LogP contribution in [0, 0.1) is 5.41 Å². The SMILES string of the molecule is CC1(C2COCCN2)CCCC1. The molecule has 2 heteroatoms. The van der Waals surface area contributed by atoms with E-state index in [9.17, 15) is 0 Å². The van der Waals surface area contributed by atoms with E-state index in [-0.39, 0.29) is 0 Å². The molecule has 70 valence electrons. The van der Waals surface area contributed by atoms with Gasteiger partial charge in [0, 0.05) is 12.6 Å². The lowest BCUT2D eigenvalue weighted by atomic mass is 9.80. The predicted molar refractivity (Wildman–Crippen MR) is 49.2 cm³/mol. The topological polar surface area (TPSA) is 21.3 Å². The number of morpholine rings is 1. The van der Waals surface area contributed by atoms with E-state index in [0.717, 1.165) is 19.8 Å². The van der Waals surface area contributed by atoms with Crippen LogP contribution >= 0.6 is 0 Å². The third-order valence-electron chi connectivity index (χ3n) is 3.51. The molecule has 0 aromatic rings. The Hall–Kier alpha value is -0.0800. The lowest BCUT2D eigenvalue weighted by Crippen LogP contribution is -2.50. The first-order valence-corrected chi connectivity index (χ1v) is 5.12. The summed E-state index contributed by atoms with van der Waals surface area (Å²) in [5.41, 5.74) is 0.528. The number of rotatable bonds is 1. The standard InChI is InChI=1S/C10H19NO/c1-10(4-2-3-5-10)9-8-12-7-6-11-9/h9,11H,2-8H2,1H3. The minimum Gasteiger partial charge on any atom is -0.378 e. The second-order valence-corrected chi connectivity index (χ2v) is 4.44. The van der Waals surface area contributed by atoms with Gasteiger partial charge in [0.25, 0.3) is 0 Å². The Morgan fingerprint density at radius 3 is 2.67 bits per heavy atom. The maximum absolute atomic E-state index is 5.50. The van der Waals surface area contributed by atoms with Gasteiger partial charge in [0.15, 0.2) is 0 Å². The Morgan fingerprint density at radius 2 is 2.08 bits per heavy atom. The van der Waals surface area contributed by atoms with Crippen LogP contribution in [0.5, 0.6) is 0 Å². The van der Waals surface area contributed by atoms with Crippen LogP contribution in [-0.2, 0) is 4.74 Å². The third kappa shape index (κ3) is 1.50. The Labute approximate surface area is 74.7 Å². The highest BCUT2D eigenvalue weighted by Crippen LogP contribution is 2.40. The van der Waals surface area contributed by atoms with Gasteiger partial charge in [-0.05, 0) is 18.3 Å². The van der Waals surface area contributed by atoms with E-state index >= 15 is 0 Å². The molecule has 1 unspecified atom stereocenters. The van der Waals surface area contributed by atoms with Crippen molar-refractivity contribution in [2.24, 2.45) is 5.41 Å². The molecule has 0 bridgehead atoms. The fourth-order valence-corrected chi connectivity index (χ4v) is 2.54. The lowest BCUT2D eigenvalue weighted by molar-refractivity contribution is 0.0295. The molecule has 1 aliphatic heterocycles. The molecule has 0 aromatic heterocycles. The van der Waals surface area contributed by atoms with Crippen LogP contribution in [0.3, 0.4) is 0 Å². The molecule has 12 heavy (non-hydrogen) atoms. The van der Waals surface area contributed by atoms with E-state index in [1.165, 1.54) is 25.7 Å². The minimum absolute atomic E-state index is 0.528. The maximum Gasteiger partial charge on any atom is 0.0625 e. The summed E-state index contributed by atoms with van der Waals surface area (Å²) in [5, 5.41) is 3.58. The molecule has 1 N–H and O–H groups in total. The first-order valence-electron chi connectivity index (χ1n) is 5.12. The van der Waals surface area contributed by atoms with Crippen molar-refractivity contribution in [2.45, 2.75) is 38.6 Å². The number of nitrogens with one attached hydrogen (secondary N) is 1. The van der Waals surface area contributed by atoms with Crippen molar-refractivity contribution in [1.29, 1.82) is 0 Å². The molecule has 1 aliphatic carbocycles. The van der Waals surface area contributed by atoms with Crippen LogP contribution in [0.15, 0.2) is 0 Å². The molecular formula is C10H19NO. The van der Waals surface area contributed by atoms with Crippen LogP contribution in [0.1, 0.15) is 32.6 Å². The van der Waals surface area contributed by atoms with Gasteiger partial charge < -0.3 is 10.1 Å². The number of ether oxygens (including phenoxy) is 1. The van der Waals surface area contributed by atoms with E-state index in [1.807, 2.05) is 0 Å². The van der Waals surface area contributed by atoms with Crippen molar-refractivity contribution in [3.63, 3.8) is 0 Å². The molecule has 2 nitrogen and oxygen atoms in total. The van der Waals surface area contributed by atoms with Gasteiger partial charge in [0.05, 0.1) is 13.2 Å². The molecule has 0 radical (unpaired) electrons. The van der Waals surface area contributed by atoms with Crippen LogP contribution in [0.25, 0.3) is 0 Å². The highest BCUT2D eigenvalue weighted by Gasteiger charge is 2.37. The zero-order valence-corrected chi connectivity index (χ0v) is 7.94. The second-order valence-electron chi connectivity index (χ2n) is 4.44. The third-order valence-corrected chi connectivity index (χ3v) is 3.51. The summed E-state index contributed by atoms with van der Waals surface area (Å²) in [7, 11) is 0. The Morgan fingerprint density at radius 1 is 1.33 bits per heavy atom. The zero-order chi connectivity index (χ0) is 8.44. The van der Waals surface area contributed by atoms with Crippen LogP contribution in [0.2, 0.25) is 0 Å². The van der Waals surface area contributed by atoms with Gasteiger partial charge in [0.1, 0.15) is 0 Å². The summed E-state index contributed by atoms with van der Waals surface area (Å²) in [5.74, 6) is 0. The van der Waals surface area contributed by atoms with Gasteiger partial charge in [-0.25, -0.2) is 0 Å². The molecule has 0 amide bonds. The monoisotopic (exact) mass is 169 g/mol. The maximum atomic E-state index is 5.50. The average Bonchev–Trinajstić information content (AvgIpc) is 2.55. The highest BCUT2D eigenvalue weighted by molar-refractivity contribution is 4.92. The van der Waals surface area contributed by atoms with E-state index in [2.05, 4.69) is 12.2 Å². The van der Waals surface area contributed by atoms with Crippen molar-refractivity contribution in [3.8, 4) is 0 Å². The van der Waals surface area contributed by atoms with Crippen molar-refractivity contribution >= 4 is 0 Å². The first-order chi connectivity index (χ1) is 5.81. The van der Waals surface area contributed by atoms with E-state index in [1.54, 1.807) is 0 Å². The van der Waals surface area contributed by atoms with Gasteiger partial charge in [0.2, 0.25) is 0 Å². The van der Waals surface area contributed by atoms with Crippen molar-refractivity contribution in [3.05, 3.63) is 0 Å². The molecule has 1 atom stereocenters. The quantitative estimate of drug-likeness (QED) is 0.643. The molecule has 2 aliphatic rings. The Bertz CT molecular complexity index is 146. The fourth-order valence-electron chi connectivity index (χ4n) is 2.54. The highest BCUT2D eigenvalue weighted by atomic mass is 16.5. The molecule has 1 heterocycles. The van der Waals surface area contributed by atoms with Crippen LogP contribution < -0.4 is 5.32 Å². The Kier molecular flexibility index (Phi) is 2.37. The summed E-state index contributed by atoms with van der Waals surface area (Å²) in [6, 6.07) is 0.619. The largest absolute Gasteiger partial charge is 0.378 e. The summed E-state index contributed by atoms with van der Waals surface area (Å²) >= 11 is 0. The zero-order valence-electron chi connectivity index (χ0n) is 7.94. The Balaban J connectivity index is 1.96. The van der Waals surface area contributed by atoms with Crippen molar-refractivity contribution in [1.82, 2.24) is 5.32 Å². The van der Waals surface area contributed by atoms with Gasteiger partial charge in [-0.3, -0.25) is 0 Å². The molecular weight excluding hydrogens is 150 g/mol. The van der Waals surface area contributed by atoms with E-state index in [4.69, 9.17) is 4.74 Å². The molecule has 1 saturated carbocycles. The predicted octanol–water partition coefficient (Wildman–Crippen LogP) is 1.56. The number of hydrogen-bond acceptors (Lipinski definition) is 2. The second kappa shape index (κ2) is 3.35. The molecule has 0 aromatic carbocycles. The summed E-state index contributed by atoms with van der Waals surface area (Å²) < 4.78 is 5.50. The van der Waals surface area contributed by atoms with E-state index in [0.29, 0.717) is 11.5 Å². The fraction of sp³-hybridized carbons (Fsp3) is 1.00. The summed E-state index contributed by atoms with van der Waals surface area (Å²) in [6.07, 6.45) is 5.59. The van der Waals surface area contributed by atoms with Crippen LogP contribution in [0.4, 0.5) is 0 Å². The van der Waals surface area contributed by atoms with Crippen molar-refractivity contribution in [2.75, 3.05) is 19.8 Å². The smallest absolute Gasteiger partial charge is 0.0625 e. The van der Waals surface area contributed by atoms with Gasteiger partial charge in [-0.2, -0.15) is 0 Å². The van der Waals surface area contributed by atoms with Gasteiger partial charge in [-0.15, -0.1) is 0 Å². The molecule has 2 fully saturated rings. The minimum atomic E-state index is 0.528. The normalized spacial score (nSPS) is 35.2. The van der Waals surface area contributed by atoms with Gasteiger partial charge in [-0.1, -0.05) is 19.8 Å². The lowest BCUT2D eigenvalue weighted by Gasteiger charge is -2.37. The summed E-state index contributed by atoms with van der Waals surface area (Å²) in [6.45, 7) is 5.27. The average molecular weight is 169 g/mol. The molecule has 2 rings (SSSR count). The van der Waals surface area contributed by atoms with Gasteiger partial charge >= 0.3 is 0 Å². The summed E-state index contributed by atoms with van der Waals surface area (Å²) in [4.78, 5) is 0. The molecule has 1 saturated heterocycles. The van der Waals surface area contributed by atoms with Crippen molar-refractivity contribution < 1.29 is 4.74 Å². The van der Waals surface area contributed by atoms with E-state index < -0.39 is 0 Å². The number of hydrogen-bond donors (Lipinski definition) is 1. The first kappa shape index (κ1) is 8.52.